The molecule has 1 aliphatic carbocycles. The third-order valence-corrected chi connectivity index (χ3v) is 6.09. The molecule has 0 saturated heterocycles. The van der Waals surface area contributed by atoms with Crippen molar-refractivity contribution in [1.82, 2.24) is 10.3 Å². The van der Waals surface area contributed by atoms with Gasteiger partial charge in [0.1, 0.15) is 0 Å². The number of carboxylic acids is 1. The molecule has 0 bridgehead atoms. The molecule has 0 amide bonds. The minimum absolute atomic E-state index is 0.195. The lowest BCUT2D eigenvalue weighted by molar-refractivity contribution is -0.136. The highest BCUT2D eigenvalue weighted by atomic mass is 16.4. The number of aryl methyl sites for hydroxylation is 1. The second-order valence-electron chi connectivity index (χ2n) is 8.02. The third-order valence-electron chi connectivity index (χ3n) is 6.09. The first-order valence-corrected chi connectivity index (χ1v) is 10.2. The highest BCUT2D eigenvalue weighted by molar-refractivity contribution is 5.83. The maximum atomic E-state index is 10.7. The minimum atomic E-state index is -0.738. The average Bonchev–Trinajstić information content (AvgIpc) is 3.35. The van der Waals surface area contributed by atoms with E-state index in [1.165, 1.54) is 34.9 Å². The van der Waals surface area contributed by atoms with Gasteiger partial charge in [0.15, 0.2) is 0 Å². The highest BCUT2D eigenvalue weighted by Crippen LogP contribution is 2.36. The molecule has 1 fully saturated rings. The maximum Gasteiger partial charge on any atom is 0.303 e. The van der Waals surface area contributed by atoms with Crippen LogP contribution in [-0.2, 0) is 11.2 Å². The van der Waals surface area contributed by atoms with Gasteiger partial charge in [-0.2, -0.15) is 0 Å². The van der Waals surface area contributed by atoms with Gasteiger partial charge in [-0.3, -0.25) is 4.79 Å². The summed E-state index contributed by atoms with van der Waals surface area (Å²) in [4.78, 5) is 14.0. The molecule has 0 radical (unpaired) electrons. The molecule has 146 valence electrons. The Morgan fingerprint density at radius 1 is 1.18 bits per heavy atom. The molecule has 1 heterocycles. The number of nitrogens with one attached hydrogen (secondary N) is 2. The van der Waals surface area contributed by atoms with Gasteiger partial charge < -0.3 is 15.4 Å². The van der Waals surface area contributed by atoms with Crippen LogP contribution in [0.15, 0.2) is 54.7 Å². The van der Waals surface area contributed by atoms with Crippen LogP contribution in [0.3, 0.4) is 0 Å². The first-order valence-electron chi connectivity index (χ1n) is 10.2. The summed E-state index contributed by atoms with van der Waals surface area (Å²) in [6, 6.07) is 18.0. The number of H-pyrrole nitrogens is 1. The lowest BCUT2D eigenvalue weighted by atomic mass is 9.95. The zero-order valence-corrected chi connectivity index (χ0v) is 16.3. The maximum absolute atomic E-state index is 10.7. The molecule has 4 heteroatoms. The molecule has 3 atom stereocenters. The summed E-state index contributed by atoms with van der Waals surface area (Å²) in [5.41, 5.74) is 5.03. The lowest BCUT2D eigenvalue weighted by Gasteiger charge is -2.21. The second-order valence-corrected chi connectivity index (χ2v) is 8.02. The molecule has 0 spiro atoms. The van der Waals surface area contributed by atoms with Crippen LogP contribution in [0.4, 0.5) is 0 Å². The van der Waals surface area contributed by atoms with Gasteiger partial charge >= 0.3 is 5.97 Å². The van der Waals surface area contributed by atoms with E-state index in [9.17, 15) is 4.79 Å². The van der Waals surface area contributed by atoms with Crippen LogP contribution in [0.1, 0.15) is 61.3 Å². The van der Waals surface area contributed by atoms with E-state index in [4.69, 9.17) is 5.11 Å². The second kappa shape index (κ2) is 8.19. The van der Waals surface area contributed by atoms with Crippen molar-refractivity contribution < 1.29 is 9.90 Å². The number of aliphatic carboxylic acids is 1. The van der Waals surface area contributed by atoms with Gasteiger partial charge in [-0.1, -0.05) is 36.4 Å². The molecule has 1 aromatic heterocycles. The molecule has 0 unspecified atom stereocenters. The van der Waals surface area contributed by atoms with Crippen molar-refractivity contribution in [1.29, 1.82) is 0 Å². The quantitative estimate of drug-likeness (QED) is 0.533. The van der Waals surface area contributed by atoms with Gasteiger partial charge in [-0.15, -0.1) is 0 Å². The zero-order chi connectivity index (χ0) is 19.5. The molecule has 1 aliphatic rings. The Balaban J connectivity index is 1.36. The molecule has 0 aliphatic heterocycles. The summed E-state index contributed by atoms with van der Waals surface area (Å²) < 4.78 is 0. The fraction of sp³-hybridized carbons (Fsp3) is 0.375. The molecule has 1 saturated carbocycles. The van der Waals surface area contributed by atoms with Crippen LogP contribution < -0.4 is 5.32 Å². The van der Waals surface area contributed by atoms with Gasteiger partial charge in [-0.05, 0) is 67.3 Å². The average molecular weight is 377 g/mol. The Morgan fingerprint density at radius 3 is 2.79 bits per heavy atom. The van der Waals surface area contributed by atoms with Crippen LogP contribution >= 0.6 is 0 Å². The van der Waals surface area contributed by atoms with Crippen molar-refractivity contribution in [2.45, 2.75) is 57.0 Å². The summed E-state index contributed by atoms with van der Waals surface area (Å²) in [6.45, 7) is 2.26. The van der Waals surface area contributed by atoms with E-state index in [0.717, 1.165) is 12.0 Å². The van der Waals surface area contributed by atoms with Gasteiger partial charge in [0.25, 0.3) is 0 Å². The summed E-state index contributed by atoms with van der Waals surface area (Å²) in [5, 5.41) is 14.0. The molecular weight excluding hydrogens is 348 g/mol. The van der Waals surface area contributed by atoms with Crippen LogP contribution in [0, 0.1) is 0 Å². The van der Waals surface area contributed by atoms with E-state index >= 15 is 0 Å². The Bertz CT molecular complexity index is 945. The van der Waals surface area contributed by atoms with Gasteiger partial charge in [0.05, 0.1) is 0 Å². The lowest BCUT2D eigenvalue weighted by Crippen LogP contribution is -2.29. The Morgan fingerprint density at radius 2 is 2.00 bits per heavy atom. The van der Waals surface area contributed by atoms with E-state index in [1.54, 1.807) is 0 Å². The Kier molecular flexibility index (Phi) is 5.49. The SMILES string of the molecule is C[C@@H](N[C@H]1CC[C@H](c2ccc(CCC(=O)O)cc2)C1)c1cccc2[nH]ccc12. The number of carbonyl (C=O) groups is 1. The fourth-order valence-corrected chi connectivity index (χ4v) is 4.57. The first kappa shape index (κ1) is 18.8. The van der Waals surface area contributed by atoms with Crippen molar-refractivity contribution in [2.24, 2.45) is 0 Å². The molecule has 3 aromatic rings. The largest absolute Gasteiger partial charge is 0.481 e. The van der Waals surface area contributed by atoms with Crippen molar-refractivity contribution in [3.05, 3.63) is 71.4 Å². The predicted octanol–water partition coefficient (Wildman–Crippen LogP) is 5.17. The minimum Gasteiger partial charge on any atom is -0.481 e. The summed E-state index contributed by atoms with van der Waals surface area (Å²) >= 11 is 0. The number of hydrogen-bond acceptors (Lipinski definition) is 2. The van der Waals surface area contributed by atoms with Gasteiger partial charge in [0, 0.05) is 35.6 Å². The van der Waals surface area contributed by atoms with Crippen molar-refractivity contribution >= 4 is 16.9 Å². The van der Waals surface area contributed by atoms with E-state index < -0.39 is 5.97 Å². The predicted molar refractivity (Wildman–Crippen MR) is 113 cm³/mol. The number of carboxylic acid groups (broad SMARTS) is 1. The fourth-order valence-electron chi connectivity index (χ4n) is 4.57. The van der Waals surface area contributed by atoms with E-state index in [0.29, 0.717) is 24.4 Å². The number of rotatable bonds is 7. The Labute approximate surface area is 166 Å². The number of hydrogen-bond donors (Lipinski definition) is 3. The zero-order valence-electron chi connectivity index (χ0n) is 16.3. The van der Waals surface area contributed by atoms with Crippen LogP contribution in [0.5, 0.6) is 0 Å². The summed E-state index contributed by atoms with van der Waals surface area (Å²) in [5.74, 6) is -0.153. The Hall–Kier alpha value is -2.59. The van der Waals surface area contributed by atoms with Gasteiger partial charge in [-0.25, -0.2) is 0 Å². The molecular formula is C24H28N2O2. The molecule has 3 N–H and O–H groups in total. The van der Waals surface area contributed by atoms with E-state index in [2.05, 4.69) is 65.8 Å². The highest BCUT2D eigenvalue weighted by Gasteiger charge is 2.27. The number of aromatic amines is 1. The molecule has 4 rings (SSSR count). The van der Waals surface area contributed by atoms with Crippen LogP contribution in [-0.4, -0.2) is 22.1 Å². The van der Waals surface area contributed by atoms with Gasteiger partial charge in [0.2, 0.25) is 0 Å². The van der Waals surface area contributed by atoms with Crippen LogP contribution in [0.25, 0.3) is 10.9 Å². The number of aromatic nitrogens is 1. The topological polar surface area (TPSA) is 65.1 Å². The van der Waals surface area contributed by atoms with Crippen LogP contribution in [0.2, 0.25) is 0 Å². The monoisotopic (exact) mass is 376 g/mol. The van der Waals surface area contributed by atoms with Crippen molar-refractivity contribution in [3.63, 3.8) is 0 Å². The van der Waals surface area contributed by atoms with Crippen molar-refractivity contribution in [2.75, 3.05) is 0 Å². The summed E-state index contributed by atoms with van der Waals surface area (Å²) in [6.07, 6.45) is 6.36. The first-order chi connectivity index (χ1) is 13.6. The molecule has 28 heavy (non-hydrogen) atoms. The van der Waals surface area contributed by atoms with Crippen molar-refractivity contribution in [3.8, 4) is 0 Å². The molecule has 2 aromatic carbocycles. The smallest absolute Gasteiger partial charge is 0.303 e. The molecule has 4 nitrogen and oxygen atoms in total. The number of benzene rings is 2. The number of fused-ring (bicyclic) bond motifs is 1. The standard InChI is InChI=1S/C24H28N2O2/c1-16(21-3-2-4-23-22(21)13-14-25-23)26-20-11-10-19(15-20)18-8-5-17(6-9-18)7-12-24(27)28/h2-6,8-9,13-14,16,19-20,25-26H,7,10-12,15H2,1H3,(H,27,28)/t16-,19+,20+/m1/s1. The third kappa shape index (κ3) is 4.12. The van der Waals surface area contributed by atoms with E-state index in [1.807, 2.05) is 6.20 Å². The normalized spacial score (nSPS) is 20.5. The summed E-state index contributed by atoms with van der Waals surface area (Å²) in [7, 11) is 0. The van der Waals surface area contributed by atoms with E-state index in [-0.39, 0.29) is 6.42 Å².